The highest BCUT2D eigenvalue weighted by Crippen LogP contribution is 2.16. The zero-order chi connectivity index (χ0) is 13.0. The fraction of sp³-hybridized carbons (Fsp3) is 0.583. The van der Waals surface area contributed by atoms with Crippen LogP contribution in [0.1, 0.15) is 30.3 Å². The van der Waals surface area contributed by atoms with Crippen LogP contribution in [0.2, 0.25) is 0 Å². The molecule has 1 amide bonds. The van der Waals surface area contributed by atoms with Crippen molar-refractivity contribution in [1.82, 2.24) is 15.5 Å². The van der Waals surface area contributed by atoms with Crippen molar-refractivity contribution in [3.05, 3.63) is 17.8 Å². The number of carbonyl (C=O) groups is 1. The zero-order valence-electron chi connectivity index (χ0n) is 10.6. The number of aromatic nitrogens is 2. The Morgan fingerprint density at radius 2 is 2.39 bits per heavy atom. The van der Waals surface area contributed by atoms with Crippen molar-refractivity contribution >= 4 is 11.7 Å². The van der Waals surface area contributed by atoms with Gasteiger partial charge in [-0.25, -0.2) is 0 Å². The maximum atomic E-state index is 11.5. The van der Waals surface area contributed by atoms with Gasteiger partial charge in [0.05, 0.1) is 0 Å². The molecule has 1 fully saturated rings. The number of nitrogens with zero attached hydrogens (tertiary/aromatic N) is 3. The second-order valence-electron chi connectivity index (χ2n) is 4.48. The monoisotopic (exact) mass is 249 g/mol. The summed E-state index contributed by atoms with van der Waals surface area (Å²) in [7, 11) is 0. The molecule has 0 spiro atoms. The average molecular weight is 249 g/mol. The van der Waals surface area contributed by atoms with E-state index in [2.05, 4.69) is 20.4 Å². The van der Waals surface area contributed by atoms with Gasteiger partial charge in [0.15, 0.2) is 11.5 Å². The lowest BCUT2D eigenvalue weighted by Crippen LogP contribution is -2.43. The fourth-order valence-electron chi connectivity index (χ4n) is 2.08. The first-order valence-corrected chi connectivity index (χ1v) is 6.33. The molecule has 2 heterocycles. The molecule has 0 radical (unpaired) electrons. The van der Waals surface area contributed by atoms with Crippen molar-refractivity contribution in [2.75, 3.05) is 24.5 Å². The first-order valence-electron chi connectivity index (χ1n) is 6.33. The molecule has 2 rings (SSSR count). The van der Waals surface area contributed by atoms with Crippen molar-refractivity contribution in [3.63, 3.8) is 0 Å². The molecule has 6 heteroatoms. The van der Waals surface area contributed by atoms with Crippen molar-refractivity contribution in [2.45, 2.75) is 25.8 Å². The lowest BCUT2D eigenvalue weighted by molar-refractivity contribution is 0.0950. The van der Waals surface area contributed by atoms with Crippen LogP contribution in [0.5, 0.6) is 0 Å². The highest BCUT2D eigenvalue weighted by Gasteiger charge is 2.18. The van der Waals surface area contributed by atoms with Crippen LogP contribution in [0, 0.1) is 0 Å². The molecule has 0 saturated carbocycles. The van der Waals surface area contributed by atoms with Gasteiger partial charge in [-0.2, -0.15) is 0 Å². The van der Waals surface area contributed by atoms with Crippen molar-refractivity contribution in [2.24, 2.45) is 5.73 Å². The molecule has 18 heavy (non-hydrogen) atoms. The zero-order valence-corrected chi connectivity index (χ0v) is 10.6. The van der Waals surface area contributed by atoms with E-state index in [1.165, 1.54) is 0 Å². The number of nitrogens with two attached hydrogens (primary N) is 1. The molecule has 1 atom stereocenters. The predicted molar refractivity (Wildman–Crippen MR) is 69.5 cm³/mol. The third kappa shape index (κ3) is 2.95. The molecule has 3 N–H and O–H groups in total. The Bertz CT molecular complexity index is 405. The Hall–Kier alpha value is -1.69. The number of rotatable bonds is 3. The Morgan fingerprint density at radius 3 is 3.00 bits per heavy atom. The smallest absolute Gasteiger partial charge is 0.271 e. The van der Waals surface area contributed by atoms with Gasteiger partial charge in [-0.05, 0) is 31.9 Å². The number of hydrogen-bond acceptors (Lipinski definition) is 5. The molecule has 1 unspecified atom stereocenters. The number of carbonyl (C=O) groups excluding carboxylic acids is 1. The second-order valence-corrected chi connectivity index (χ2v) is 4.48. The van der Waals surface area contributed by atoms with Crippen LogP contribution in [-0.2, 0) is 0 Å². The molecule has 98 valence electrons. The standard InChI is InChI=1S/C12H19N5O/c1-2-14-12(18)10-5-6-11(16-15-10)17-7-3-4-9(13)8-17/h5-6,9H,2-4,7-8,13H2,1H3,(H,14,18). The van der Waals surface area contributed by atoms with E-state index in [9.17, 15) is 4.79 Å². The minimum Gasteiger partial charge on any atom is -0.354 e. The summed E-state index contributed by atoms with van der Waals surface area (Å²) in [5.74, 6) is 0.602. The summed E-state index contributed by atoms with van der Waals surface area (Å²) in [6, 6.07) is 3.73. The van der Waals surface area contributed by atoms with Crippen LogP contribution in [-0.4, -0.2) is 41.8 Å². The number of nitrogens with one attached hydrogen (secondary N) is 1. The lowest BCUT2D eigenvalue weighted by Gasteiger charge is -2.31. The third-order valence-electron chi connectivity index (χ3n) is 3.00. The number of anilines is 1. The third-order valence-corrected chi connectivity index (χ3v) is 3.00. The average Bonchev–Trinajstić information content (AvgIpc) is 2.39. The van der Waals surface area contributed by atoms with Gasteiger partial charge in [0.1, 0.15) is 0 Å². The molecular weight excluding hydrogens is 230 g/mol. The van der Waals surface area contributed by atoms with Crippen LogP contribution in [0.3, 0.4) is 0 Å². The summed E-state index contributed by atoms with van der Waals surface area (Å²) in [4.78, 5) is 13.7. The first kappa shape index (κ1) is 12.8. The molecule has 1 aromatic heterocycles. The van der Waals surface area contributed by atoms with Gasteiger partial charge in [0.2, 0.25) is 0 Å². The summed E-state index contributed by atoms with van der Waals surface area (Å²) < 4.78 is 0. The first-order chi connectivity index (χ1) is 8.70. The molecule has 6 nitrogen and oxygen atoms in total. The summed E-state index contributed by atoms with van der Waals surface area (Å²) >= 11 is 0. The van der Waals surface area contributed by atoms with Crippen LogP contribution in [0.25, 0.3) is 0 Å². The van der Waals surface area contributed by atoms with E-state index in [1.807, 2.05) is 13.0 Å². The Kier molecular flexibility index (Phi) is 4.09. The van der Waals surface area contributed by atoms with E-state index in [1.54, 1.807) is 6.07 Å². The molecule has 1 aliphatic rings. The van der Waals surface area contributed by atoms with Gasteiger partial charge in [-0.3, -0.25) is 4.79 Å². The number of hydrogen-bond donors (Lipinski definition) is 2. The van der Waals surface area contributed by atoms with Gasteiger partial charge in [0.25, 0.3) is 5.91 Å². The summed E-state index contributed by atoms with van der Waals surface area (Å²) in [6.07, 6.45) is 2.13. The lowest BCUT2D eigenvalue weighted by atomic mass is 10.1. The second kappa shape index (κ2) is 5.77. The van der Waals surface area contributed by atoms with Gasteiger partial charge < -0.3 is 16.0 Å². The van der Waals surface area contributed by atoms with Crippen LogP contribution < -0.4 is 16.0 Å². The summed E-state index contributed by atoms with van der Waals surface area (Å²) in [5.41, 5.74) is 6.28. The van der Waals surface area contributed by atoms with Gasteiger partial charge in [-0.1, -0.05) is 0 Å². The highest BCUT2D eigenvalue weighted by atomic mass is 16.1. The summed E-state index contributed by atoms with van der Waals surface area (Å²) in [6.45, 7) is 4.20. The van der Waals surface area contributed by atoms with Gasteiger partial charge in [0, 0.05) is 25.7 Å². The molecule has 0 aliphatic carbocycles. The van der Waals surface area contributed by atoms with Crippen molar-refractivity contribution in [1.29, 1.82) is 0 Å². The number of amides is 1. The molecular formula is C12H19N5O. The molecule has 1 saturated heterocycles. The van der Waals surface area contributed by atoms with E-state index in [0.29, 0.717) is 12.2 Å². The molecule has 0 aromatic carbocycles. The van der Waals surface area contributed by atoms with Crippen molar-refractivity contribution < 1.29 is 4.79 Å². The fourth-order valence-corrected chi connectivity index (χ4v) is 2.08. The Balaban J connectivity index is 2.05. The van der Waals surface area contributed by atoms with Gasteiger partial charge >= 0.3 is 0 Å². The van der Waals surface area contributed by atoms with Gasteiger partial charge in [-0.15, -0.1) is 10.2 Å². The van der Waals surface area contributed by atoms with Crippen molar-refractivity contribution in [3.8, 4) is 0 Å². The van der Waals surface area contributed by atoms with E-state index >= 15 is 0 Å². The molecule has 1 aliphatic heterocycles. The topological polar surface area (TPSA) is 84.1 Å². The van der Waals surface area contributed by atoms with E-state index in [0.717, 1.165) is 31.7 Å². The minimum absolute atomic E-state index is 0.188. The SMILES string of the molecule is CCNC(=O)c1ccc(N2CCCC(N)C2)nn1. The Labute approximate surface area is 107 Å². The van der Waals surface area contributed by atoms with E-state index in [4.69, 9.17) is 5.73 Å². The minimum atomic E-state index is -0.188. The van der Waals surface area contributed by atoms with Crippen LogP contribution in [0.15, 0.2) is 12.1 Å². The normalized spacial score (nSPS) is 19.7. The quantitative estimate of drug-likeness (QED) is 0.797. The predicted octanol–water partition coefficient (Wildman–Crippen LogP) is 0.154. The maximum absolute atomic E-state index is 11.5. The maximum Gasteiger partial charge on any atom is 0.271 e. The van der Waals surface area contributed by atoms with Crippen LogP contribution in [0.4, 0.5) is 5.82 Å². The highest BCUT2D eigenvalue weighted by molar-refractivity contribution is 5.92. The Morgan fingerprint density at radius 1 is 1.56 bits per heavy atom. The summed E-state index contributed by atoms with van der Waals surface area (Å²) in [5, 5.41) is 10.7. The van der Waals surface area contributed by atoms with Crippen LogP contribution >= 0.6 is 0 Å². The molecule has 1 aromatic rings. The molecule has 0 bridgehead atoms. The largest absolute Gasteiger partial charge is 0.354 e. The number of piperidine rings is 1. The van der Waals surface area contributed by atoms with E-state index in [-0.39, 0.29) is 11.9 Å². The van der Waals surface area contributed by atoms with E-state index < -0.39 is 0 Å².